The van der Waals surface area contributed by atoms with Crippen molar-refractivity contribution in [3.8, 4) is 0 Å². The van der Waals surface area contributed by atoms with E-state index >= 15 is 0 Å². The van der Waals surface area contributed by atoms with Crippen LogP contribution in [0.3, 0.4) is 0 Å². The van der Waals surface area contributed by atoms with Crippen molar-refractivity contribution in [2.45, 2.75) is 31.8 Å². The van der Waals surface area contributed by atoms with Gasteiger partial charge in [0, 0.05) is 17.1 Å². The SMILES string of the molecule is C[C@@H](Cc1ccc(Cl)cc1)N[C@H]1CCS(=O)(=O)C1. The van der Waals surface area contributed by atoms with Crippen molar-refractivity contribution < 1.29 is 8.42 Å². The molecule has 5 heteroatoms. The molecule has 3 nitrogen and oxygen atoms in total. The van der Waals surface area contributed by atoms with Crippen LogP contribution in [0, 0.1) is 0 Å². The number of hydrogen-bond acceptors (Lipinski definition) is 3. The van der Waals surface area contributed by atoms with Crippen LogP contribution in [-0.2, 0) is 16.3 Å². The van der Waals surface area contributed by atoms with Crippen LogP contribution < -0.4 is 5.32 Å². The minimum absolute atomic E-state index is 0.109. The fraction of sp³-hybridized carbons (Fsp3) is 0.538. The van der Waals surface area contributed by atoms with Crippen molar-refractivity contribution in [1.82, 2.24) is 5.32 Å². The van der Waals surface area contributed by atoms with Crippen LogP contribution in [0.1, 0.15) is 18.9 Å². The Bertz CT molecular complexity index is 498. The second kappa shape index (κ2) is 5.59. The summed E-state index contributed by atoms with van der Waals surface area (Å²) >= 11 is 5.83. The molecule has 0 saturated carbocycles. The van der Waals surface area contributed by atoms with Crippen molar-refractivity contribution in [2.75, 3.05) is 11.5 Å². The molecule has 1 aliphatic heterocycles. The summed E-state index contributed by atoms with van der Waals surface area (Å²) in [7, 11) is -2.80. The second-order valence-corrected chi connectivity index (χ2v) is 7.66. The van der Waals surface area contributed by atoms with Crippen LogP contribution in [0.2, 0.25) is 5.02 Å². The summed E-state index contributed by atoms with van der Waals surface area (Å²) in [6.07, 6.45) is 1.61. The van der Waals surface area contributed by atoms with E-state index in [0.29, 0.717) is 5.75 Å². The zero-order valence-corrected chi connectivity index (χ0v) is 12.0. The lowest BCUT2D eigenvalue weighted by Crippen LogP contribution is -2.38. The lowest BCUT2D eigenvalue weighted by atomic mass is 10.1. The number of sulfone groups is 1. The van der Waals surface area contributed by atoms with Gasteiger partial charge in [-0.1, -0.05) is 23.7 Å². The number of nitrogens with one attached hydrogen (secondary N) is 1. The number of benzene rings is 1. The molecule has 0 aromatic heterocycles. The lowest BCUT2D eigenvalue weighted by molar-refractivity contribution is 0.469. The molecule has 0 bridgehead atoms. The van der Waals surface area contributed by atoms with Crippen LogP contribution in [-0.4, -0.2) is 32.0 Å². The van der Waals surface area contributed by atoms with Crippen molar-refractivity contribution >= 4 is 21.4 Å². The van der Waals surface area contributed by atoms with E-state index in [0.717, 1.165) is 17.9 Å². The maximum atomic E-state index is 11.4. The molecule has 2 rings (SSSR count). The van der Waals surface area contributed by atoms with Crippen molar-refractivity contribution in [3.05, 3.63) is 34.9 Å². The molecule has 0 unspecified atom stereocenters. The first-order valence-corrected chi connectivity index (χ1v) is 8.35. The van der Waals surface area contributed by atoms with Crippen molar-refractivity contribution in [2.24, 2.45) is 0 Å². The fourth-order valence-corrected chi connectivity index (χ4v) is 4.17. The number of hydrogen-bond donors (Lipinski definition) is 1. The van der Waals surface area contributed by atoms with E-state index in [1.807, 2.05) is 24.3 Å². The van der Waals surface area contributed by atoms with Gasteiger partial charge in [0.05, 0.1) is 11.5 Å². The first-order valence-electron chi connectivity index (χ1n) is 6.15. The highest BCUT2D eigenvalue weighted by atomic mass is 35.5. The molecule has 1 saturated heterocycles. The fourth-order valence-electron chi connectivity index (χ4n) is 2.36. The Morgan fingerprint density at radius 3 is 2.61 bits per heavy atom. The van der Waals surface area contributed by atoms with E-state index in [4.69, 9.17) is 11.6 Å². The van der Waals surface area contributed by atoms with Gasteiger partial charge in [-0.3, -0.25) is 0 Å². The van der Waals surface area contributed by atoms with Gasteiger partial charge in [0.2, 0.25) is 0 Å². The summed E-state index contributed by atoms with van der Waals surface area (Å²) in [4.78, 5) is 0. The van der Waals surface area contributed by atoms with E-state index in [-0.39, 0.29) is 17.8 Å². The van der Waals surface area contributed by atoms with Gasteiger partial charge in [-0.25, -0.2) is 8.42 Å². The average molecular weight is 288 g/mol. The third-order valence-electron chi connectivity index (χ3n) is 3.21. The van der Waals surface area contributed by atoms with Crippen LogP contribution >= 0.6 is 11.6 Å². The Labute approximate surface area is 113 Å². The maximum absolute atomic E-state index is 11.4. The van der Waals surface area contributed by atoms with Crippen LogP contribution in [0.15, 0.2) is 24.3 Å². The van der Waals surface area contributed by atoms with Crippen LogP contribution in [0.5, 0.6) is 0 Å². The van der Waals surface area contributed by atoms with E-state index in [1.54, 1.807) is 0 Å². The predicted octanol–water partition coefficient (Wildman–Crippen LogP) is 2.05. The van der Waals surface area contributed by atoms with E-state index in [9.17, 15) is 8.42 Å². The standard InChI is InChI=1S/C13H18ClNO2S/c1-10(8-11-2-4-12(14)5-3-11)15-13-6-7-18(16,17)9-13/h2-5,10,13,15H,6-9H2,1H3/t10-,13-/m0/s1. The summed E-state index contributed by atoms with van der Waals surface area (Å²) in [6, 6.07) is 8.15. The van der Waals surface area contributed by atoms with Gasteiger partial charge in [0.15, 0.2) is 9.84 Å². The highest BCUT2D eigenvalue weighted by Gasteiger charge is 2.28. The quantitative estimate of drug-likeness (QED) is 0.922. The Balaban J connectivity index is 1.86. The van der Waals surface area contributed by atoms with Gasteiger partial charge in [-0.15, -0.1) is 0 Å². The molecule has 1 N–H and O–H groups in total. The summed E-state index contributed by atoms with van der Waals surface area (Å²) in [6.45, 7) is 2.08. The Hall–Kier alpha value is -0.580. The molecular formula is C13H18ClNO2S. The molecule has 0 spiro atoms. The van der Waals surface area contributed by atoms with Gasteiger partial charge in [-0.2, -0.15) is 0 Å². The van der Waals surface area contributed by atoms with E-state index in [1.165, 1.54) is 5.56 Å². The lowest BCUT2D eigenvalue weighted by Gasteiger charge is -2.18. The first kappa shape index (κ1) is 13.8. The molecule has 0 amide bonds. The number of rotatable bonds is 4. The van der Waals surface area contributed by atoms with Gasteiger partial charge in [0.1, 0.15) is 0 Å². The smallest absolute Gasteiger partial charge is 0.151 e. The minimum atomic E-state index is -2.80. The summed E-state index contributed by atoms with van der Waals surface area (Å²) in [5.41, 5.74) is 1.21. The molecule has 1 aliphatic rings. The molecule has 0 aliphatic carbocycles. The summed E-state index contributed by atoms with van der Waals surface area (Å²) < 4.78 is 22.7. The van der Waals surface area contributed by atoms with Crippen LogP contribution in [0.25, 0.3) is 0 Å². The van der Waals surface area contributed by atoms with Crippen LogP contribution in [0.4, 0.5) is 0 Å². The van der Waals surface area contributed by atoms with Gasteiger partial charge in [0.25, 0.3) is 0 Å². The maximum Gasteiger partial charge on any atom is 0.151 e. The Kier molecular flexibility index (Phi) is 4.30. The highest BCUT2D eigenvalue weighted by molar-refractivity contribution is 7.91. The number of halogens is 1. The zero-order valence-electron chi connectivity index (χ0n) is 10.4. The average Bonchev–Trinajstić information content (AvgIpc) is 2.61. The van der Waals surface area contributed by atoms with Crippen molar-refractivity contribution in [1.29, 1.82) is 0 Å². The monoisotopic (exact) mass is 287 g/mol. The molecule has 2 atom stereocenters. The first-order chi connectivity index (χ1) is 8.44. The molecule has 1 aromatic carbocycles. The highest BCUT2D eigenvalue weighted by Crippen LogP contribution is 2.14. The normalized spacial score (nSPS) is 24.0. The minimum Gasteiger partial charge on any atom is -0.310 e. The summed E-state index contributed by atoms with van der Waals surface area (Å²) in [5, 5.41) is 4.12. The second-order valence-electron chi connectivity index (χ2n) is 5.00. The van der Waals surface area contributed by atoms with E-state index < -0.39 is 9.84 Å². The molecule has 18 heavy (non-hydrogen) atoms. The van der Waals surface area contributed by atoms with Gasteiger partial charge in [-0.05, 0) is 37.5 Å². The molecule has 1 heterocycles. The van der Waals surface area contributed by atoms with Crippen molar-refractivity contribution in [3.63, 3.8) is 0 Å². The predicted molar refractivity (Wildman–Crippen MR) is 74.8 cm³/mol. The van der Waals surface area contributed by atoms with Gasteiger partial charge >= 0.3 is 0 Å². The Morgan fingerprint density at radius 1 is 1.39 bits per heavy atom. The largest absolute Gasteiger partial charge is 0.310 e. The van der Waals surface area contributed by atoms with E-state index in [2.05, 4.69) is 12.2 Å². The zero-order chi connectivity index (χ0) is 13.2. The topological polar surface area (TPSA) is 46.2 Å². The molecular weight excluding hydrogens is 270 g/mol. The Morgan fingerprint density at radius 2 is 2.06 bits per heavy atom. The molecule has 1 aromatic rings. The molecule has 0 radical (unpaired) electrons. The third-order valence-corrected chi connectivity index (χ3v) is 5.23. The molecule has 1 fully saturated rings. The molecule has 100 valence electrons. The van der Waals surface area contributed by atoms with Gasteiger partial charge < -0.3 is 5.32 Å². The summed E-state index contributed by atoms with van der Waals surface area (Å²) in [5.74, 6) is 0.594. The third kappa shape index (κ3) is 3.97.